The van der Waals surface area contributed by atoms with E-state index in [1.165, 1.54) is 49.6 Å². The van der Waals surface area contributed by atoms with Crippen molar-refractivity contribution in [3.05, 3.63) is 119 Å². The van der Waals surface area contributed by atoms with Gasteiger partial charge < -0.3 is 29.7 Å². The van der Waals surface area contributed by atoms with Gasteiger partial charge in [-0.15, -0.1) is 0 Å². The van der Waals surface area contributed by atoms with Crippen molar-refractivity contribution >= 4 is 40.8 Å². The summed E-state index contributed by atoms with van der Waals surface area (Å²) < 4.78 is 59.6. The molecule has 6 rings (SSSR count). The minimum atomic E-state index is -4.66. The van der Waals surface area contributed by atoms with Crippen LogP contribution in [0.1, 0.15) is 27.0 Å². The molecule has 4 aromatic carbocycles. The summed E-state index contributed by atoms with van der Waals surface area (Å²) in [5.74, 6) is 0.418. The number of para-hydroxylation sites is 1. The fraction of sp³-hybridized carbons (Fsp3) is 0.250. The maximum absolute atomic E-state index is 14.2. The summed E-state index contributed by atoms with van der Waals surface area (Å²) >= 11 is 0. The minimum Gasteiger partial charge on any atom is -0.497 e. The number of likely N-dealkylation sites (N-methyl/N-ethyl adjacent to an activating group) is 1. The number of halogens is 3. The molecule has 286 valence electrons. The van der Waals surface area contributed by atoms with Crippen LogP contribution in [0.5, 0.6) is 17.2 Å². The third-order valence-electron chi connectivity index (χ3n) is 9.02. The zero-order valence-corrected chi connectivity index (χ0v) is 30.7. The highest BCUT2D eigenvalue weighted by atomic mass is 19.4. The van der Waals surface area contributed by atoms with Gasteiger partial charge in [0.05, 0.1) is 25.5 Å². The van der Waals surface area contributed by atoms with E-state index in [2.05, 4.69) is 25.5 Å². The Morgan fingerprint density at radius 3 is 2.33 bits per heavy atom. The topological polar surface area (TPSA) is 121 Å². The molecule has 0 atom stereocenters. The van der Waals surface area contributed by atoms with Crippen LogP contribution in [-0.4, -0.2) is 79.2 Å². The number of carbonyl (C=O) groups is 2. The van der Waals surface area contributed by atoms with Gasteiger partial charge in [-0.1, -0.05) is 30.3 Å². The van der Waals surface area contributed by atoms with Crippen molar-refractivity contribution in [1.29, 1.82) is 0 Å². The van der Waals surface area contributed by atoms with Gasteiger partial charge in [0.25, 0.3) is 5.91 Å². The van der Waals surface area contributed by atoms with E-state index in [0.29, 0.717) is 24.4 Å². The second-order valence-corrected chi connectivity index (χ2v) is 12.9. The Morgan fingerprint density at radius 2 is 1.62 bits per heavy atom. The van der Waals surface area contributed by atoms with Crippen molar-refractivity contribution in [2.24, 2.45) is 0 Å². The maximum Gasteiger partial charge on any atom is 0.425 e. The standard InChI is InChI=1S/C40H40F3N7O5/c1-26-10-13-30(45-37(51)27-11-12-28(32(22-27)40(41,42)43)25-49-20-18-48(2)19-21-49)23-34(26)55-39(52)50(33-15-14-31(53-3)24-35(33)54-4)36-16-17-44-38(47-36)46-29-8-6-5-7-9-29/h5-17,22-24H,18-21,25H2,1-4H3,(H,45,51)(H,44,46,47). The number of hydrogen-bond donors (Lipinski definition) is 2. The zero-order valence-electron chi connectivity index (χ0n) is 30.7. The number of carbonyl (C=O) groups excluding carboxylic acids is 2. The van der Waals surface area contributed by atoms with Crippen LogP contribution in [0, 0.1) is 6.92 Å². The van der Waals surface area contributed by atoms with Crippen LogP contribution in [0.15, 0.2) is 97.2 Å². The van der Waals surface area contributed by atoms with Crippen molar-refractivity contribution in [2.45, 2.75) is 19.6 Å². The van der Waals surface area contributed by atoms with Gasteiger partial charge in [-0.05, 0) is 67.6 Å². The number of methoxy groups -OCH3 is 2. The summed E-state index contributed by atoms with van der Waals surface area (Å²) in [6.45, 7) is 4.64. The molecule has 0 saturated carbocycles. The first-order chi connectivity index (χ1) is 26.4. The molecule has 2 amide bonds. The molecular weight excluding hydrogens is 715 g/mol. The van der Waals surface area contributed by atoms with Crippen molar-refractivity contribution in [3.63, 3.8) is 0 Å². The summed E-state index contributed by atoms with van der Waals surface area (Å²) in [7, 11) is 4.92. The lowest BCUT2D eigenvalue weighted by atomic mass is 10.0. The smallest absolute Gasteiger partial charge is 0.425 e. The fourth-order valence-electron chi connectivity index (χ4n) is 5.97. The van der Waals surface area contributed by atoms with Gasteiger partial charge >= 0.3 is 12.3 Å². The second kappa shape index (κ2) is 16.9. The first-order valence-electron chi connectivity index (χ1n) is 17.3. The Balaban J connectivity index is 1.26. The lowest BCUT2D eigenvalue weighted by molar-refractivity contribution is -0.138. The Morgan fingerprint density at radius 1 is 0.855 bits per heavy atom. The van der Waals surface area contributed by atoms with E-state index >= 15 is 0 Å². The zero-order chi connectivity index (χ0) is 39.1. The van der Waals surface area contributed by atoms with E-state index < -0.39 is 23.7 Å². The normalized spacial score (nSPS) is 13.5. The average Bonchev–Trinajstić information content (AvgIpc) is 3.17. The van der Waals surface area contributed by atoms with Gasteiger partial charge in [0, 0.05) is 74.1 Å². The first-order valence-corrected chi connectivity index (χ1v) is 17.3. The molecule has 0 bridgehead atoms. The number of piperazine rings is 1. The molecule has 2 N–H and O–H groups in total. The molecule has 1 aliphatic rings. The number of aryl methyl sites for hydroxylation is 1. The molecule has 0 radical (unpaired) electrons. The molecule has 1 aromatic heterocycles. The highest BCUT2D eigenvalue weighted by Crippen LogP contribution is 2.38. The van der Waals surface area contributed by atoms with Gasteiger partial charge in [0.15, 0.2) is 0 Å². The molecule has 1 fully saturated rings. The molecule has 0 unspecified atom stereocenters. The molecule has 2 heterocycles. The third-order valence-corrected chi connectivity index (χ3v) is 9.02. The molecule has 1 aliphatic heterocycles. The number of amides is 2. The van der Waals surface area contributed by atoms with Crippen molar-refractivity contribution in [2.75, 3.05) is 63.0 Å². The van der Waals surface area contributed by atoms with Crippen LogP contribution in [0.4, 0.5) is 46.8 Å². The Labute approximate surface area is 316 Å². The lowest BCUT2D eigenvalue weighted by Crippen LogP contribution is -2.44. The second-order valence-electron chi connectivity index (χ2n) is 12.9. The number of ether oxygens (including phenoxy) is 3. The summed E-state index contributed by atoms with van der Waals surface area (Å²) in [4.78, 5) is 41.7. The average molecular weight is 756 g/mol. The molecular formula is C40H40F3N7O5. The lowest BCUT2D eigenvalue weighted by Gasteiger charge is -2.33. The van der Waals surface area contributed by atoms with E-state index in [1.807, 2.05) is 42.3 Å². The number of benzene rings is 4. The highest BCUT2D eigenvalue weighted by Gasteiger charge is 2.35. The van der Waals surface area contributed by atoms with Gasteiger partial charge in [0.1, 0.15) is 23.1 Å². The van der Waals surface area contributed by atoms with Gasteiger partial charge in [-0.25, -0.2) is 14.7 Å². The number of nitrogens with one attached hydrogen (secondary N) is 2. The highest BCUT2D eigenvalue weighted by molar-refractivity contribution is 6.04. The van der Waals surface area contributed by atoms with Crippen molar-refractivity contribution < 1.29 is 37.0 Å². The Hall–Kier alpha value is -6.19. The van der Waals surface area contributed by atoms with Gasteiger partial charge in [0.2, 0.25) is 5.95 Å². The number of rotatable bonds is 11. The van der Waals surface area contributed by atoms with E-state index in [0.717, 1.165) is 24.8 Å². The quantitative estimate of drug-likeness (QED) is 0.138. The molecule has 0 aliphatic carbocycles. The van der Waals surface area contributed by atoms with Gasteiger partial charge in [-0.3, -0.25) is 9.69 Å². The number of hydrogen-bond acceptors (Lipinski definition) is 10. The van der Waals surface area contributed by atoms with Crippen LogP contribution in [0.25, 0.3) is 0 Å². The summed E-state index contributed by atoms with van der Waals surface area (Å²) in [5.41, 5.74) is 0.794. The van der Waals surface area contributed by atoms with Crippen molar-refractivity contribution in [1.82, 2.24) is 19.8 Å². The van der Waals surface area contributed by atoms with Crippen LogP contribution < -0.4 is 29.7 Å². The molecule has 1 saturated heterocycles. The fourth-order valence-corrected chi connectivity index (χ4v) is 5.97. The third kappa shape index (κ3) is 9.49. The van der Waals surface area contributed by atoms with E-state index in [-0.39, 0.29) is 52.3 Å². The summed E-state index contributed by atoms with van der Waals surface area (Å²) in [6, 6.07) is 23.8. The van der Waals surface area contributed by atoms with Crippen LogP contribution in [0.2, 0.25) is 0 Å². The molecule has 0 spiro atoms. The van der Waals surface area contributed by atoms with Crippen LogP contribution in [0.3, 0.4) is 0 Å². The predicted molar refractivity (Wildman–Crippen MR) is 203 cm³/mol. The Bertz CT molecular complexity index is 2140. The Kier molecular flexibility index (Phi) is 11.8. The number of aromatic nitrogens is 2. The summed E-state index contributed by atoms with van der Waals surface area (Å²) in [6.07, 6.45) is -4.07. The summed E-state index contributed by atoms with van der Waals surface area (Å²) in [5, 5.41) is 5.76. The predicted octanol–water partition coefficient (Wildman–Crippen LogP) is 7.90. The first kappa shape index (κ1) is 38.5. The minimum absolute atomic E-state index is 0.0791. The largest absolute Gasteiger partial charge is 0.497 e. The SMILES string of the molecule is COc1ccc(N(C(=O)Oc2cc(NC(=O)c3ccc(CN4CCN(C)CC4)c(C(F)(F)F)c3)ccc2C)c2ccnc(Nc3ccccc3)n2)c(OC)c1. The molecule has 55 heavy (non-hydrogen) atoms. The molecule has 12 nitrogen and oxygen atoms in total. The molecule has 15 heteroatoms. The van der Waals surface area contributed by atoms with Gasteiger partial charge in [-0.2, -0.15) is 18.2 Å². The molecule has 5 aromatic rings. The number of nitrogens with zero attached hydrogens (tertiary/aromatic N) is 5. The number of alkyl halides is 3. The van der Waals surface area contributed by atoms with Crippen LogP contribution in [-0.2, 0) is 12.7 Å². The van der Waals surface area contributed by atoms with Crippen molar-refractivity contribution in [3.8, 4) is 17.2 Å². The van der Waals surface area contributed by atoms with E-state index in [9.17, 15) is 22.8 Å². The van der Waals surface area contributed by atoms with E-state index in [4.69, 9.17) is 14.2 Å². The van der Waals surface area contributed by atoms with Crippen LogP contribution >= 0.6 is 0 Å². The number of anilines is 5. The van der Waals surface area contributed by atoms with E-state index in [1.54, 1.807) is 37.3 Å². The monoisotopic (exact) mass is 755 g/mol. The maximum atomic E-state index is 14.2.